The Hall–Kier alpha value is -2.28. The number of carbonyl (C=O) groups is 1. The summed E-state index contributed by atoms with van der Waals surface area (Å²) in [5.41, 5.74) is 0.923. The second-order valence-corrected chi connectivity index (χ2v) is 6.29. The van der Waals surface area contributed by atoms with E-state index in [4.69, 9.17) is 4.98 Å². The molecule has 1 aliphatic rings. The van der Waals surface area contributed by atoms with Crippen molar-refractivity contribution in [1.82, 2.24) is 29.3 Å². The van der Waals surface area contributed by atoms with Crippen LogP contribution in [0, 0.1) is 0 Å². The maximum atomic E-state index is 12.0. The zero-order valence-electron chi connectivity index (χ0n) is 14.5. The molecule has 1 saturated heterocycles. The minimum absolute atomic E-state index is 0.119. The zero-order chi connectivity index (χ0) is 17.1. The number of hydrogen-bond acceptors (Lipinski definition) is 5. The van der Waals surface area contributed by atoms with Gasteiger partial charge in [0.25, 0.3) is 0 Å². The van der Waals surface area contributed by atoms with E-state index in [1.54, 1.807) is 31.4 Å². The quantitative estimate of drug-likeness (QED) is 0.831. The molecule has 1 fully saturated rings. The second-order valence-electron chi connectivity index (χ2n) is 6.29. The zero-order valence-corrected chi connectivity index (χ0v) is 14.5. The van der Waals surface area contributed by atoms with E-state index >= 15 is 0 Å². The third-order valence-electron chi connectivity index (χ3n) is 4.46. The summed E-state index contributed by atoms with van der Waals surface area (Å²) in [5, 5.41) is 0. The molecule has 7 nitrogen and oxygen atoms in total. The minimum Gasteiger partial charge on any atom is -0.348 e. The molecule has 1 amide bonds. The highest BCUT2D eigenvalue weighted by atomic mass is 16.2. The number of likely N-dealkylation sites (tertiary alicyclic amines) is 1. The molecular formula is C17H24N6O. The van der Waals surface area contributed by atoms with E-state index in [0.717, 1.165) is 43.1 Å². The van der Waals surface area contributed by atoms with Crippen LogP contribution in [-0.4, -0.2) is 62.4 Å². The van der Waals surface area contributed by atoms with Gasteiger partial charge in [0.15, 0.2) is 5.82 Å². The number of carbonyl (C=O) groups excluding carboxylic acids is 1. The van der Waals surface area contributed by atoms with Gasteiger partial charge in [-0.2, -0.15) is 0 Å². The van der Waals surface area contributed by atoms with Crippen molar-refractivity contribution in [1.29, 1.82) is 0 Å². The van der Waals surface area contributed by atoms with E-state index in [2.05, 4.69) is 21.8 Å². The van der Waals surface area contributed by atoms with Crippen molar-refractivity contribution in [3.63, 3.8) is 0 Å². The van der Waals surface area contributed by atoms with Crippen molar-refractivity contribution in [2.24, 2.45) is 0 Å². The van der Waals surface area contributed by atoms with Crippen LogP contribution in [-0.2, 0) is 11.2 Å². The third-order valence-corrected chi connectivity index (χ3v) is 4.46. The highest BCUT2D eigenvalue weighted by Crippen LogP contribution is 2.30. The Labute approximate surface area is 142 Å². The van der Waals surface area contributed by atoms with E-state index in [9.17, 15) is 4.79 Å². The lowest BCUT2D eigenvalue weighted by Crippen LogP contribution is -2.36. The van der Waals surface area contributed by atoms with Gasteiger partial charge in [0.1, 0.15) is 5.82 Å². The van der Waals surface area contributed by atoms with Crippen LogP contribution < -0.4 is 0 Å². The number of amides is 1. The minimum atomic E-state index is 0.119. The number of likely N-dealkylation sites (N-methyl/N-ethyl adjacent to an activating group) is 1. The van der Waals surface area contributed by atoms with Crippen LogP contribution in [0.15, 0.2) is 24.8 Å². The van der Waals surface area contributed by atoms with Crippen LogP contribution in [0.2, 0.25) is 0 Å². The van der Waals surface area contributed by atoms with Crippen LogP contribution in [0.5, 0.6) is 0 Å². The van der Waals surface area contributed by atoms with E-state index in [-0.39, 0.29) is 11.9 Å². The number of imidazole rings is 1. The van der Waals surface area contributed by atoms with Crippen LogP contribution in [0.1, 0.15) is 37.3 Å². The van der Waals surface area contributed by atoms with E-state index in [1.165, 1.54) is 0 Å². The molecule has 128 valence electrons. The average molecular weight is 328 g/mol. The average Bonchev–Trinajstić information content (AvgIpc) is 3.23. The molecule has 0 bridgehead atoms. The fraction of sp³-hybridized carbons (Fsp3) is 0.529. The van der Waals surface area contributed by atoms with Gasteiger partial charge in [0.05, 0.1) is 30.7 Å². The smallest absolute Gasteiger partial charge is 0.236 e. The van der Waals surface area contributed by atoms with Crippen molar-refractivity contribution in [2.75, 3.05) is 27.2 Å². The SMILES string of the molecule is CCc1nccn1-c1cncc(C2CCCN2CC(=O)N(C)C)n1. The van der Waals surface area contributed by atoms with E-state index in [1.807, 2.05) is 17.0 Å². The largest absolute Gasteiger partial charge is 0.348 e. The summed E-state index contributed by atoms with van der Waals surface area (Å²) in [7, 11) is 3.58. The Balaban J connectivity index is 1.84. The van der Waals surface area contributed by atoms with E-state index < -0.39 is 0 Å². The summed E-state index contributed by atoms with van der Waals surface area (Å²) >= 11 is 0. The third kappa shape index (κ3) is 3.31. The molecule has 0 spiro atoms. The molecule has 7 heteroatoms. The van der Waals surface area contributed by atoms with Crippen LogP contribution >= 0.6 is 0 Å². The van der Waals surface area contributed by atoms with Gasteiger partial charge in [-0.15, -0.1) is 0 Å². The van der Waals surface area contributed by atoms with Gasteiger partial charge >= 0.3 is 0 Å². The number of nitrogens with zero attached hydrogens (tertiary/aromatic N) is 6. The molecule has 0 saturated carbocycles. The summed E-state index contributed by atoms with van der Waals surface area (Å²) in [4.78, 5) is 29.4. The molecule has 0 radical (unpaired) electrons. The molecular weight excluding hydrogens is 304 g/mol. The van der Waals surface area contributed by atoms with Gasteiger partial charge in [-0.05, 0) is 19.4 Å². The number of aryl methyl sites for hydroxylation is 1. The Morgan fingerprint density at radius 2 is 2.21 bits per heavy atom. The summed E-state index contributed by atoms with van der Waals surface area (Å²) in [6.45, 7) is 3.41. The van der Waals surface area contributed by atoms with Crippen molar-refractivity contribution < 1.29 is 4.79 Å². The lowest BCUT2D eigenvalue weighted by molar-refractivity contribution is -0.130. The first-order valence-electron chi connectivity index (χ1n) is 8.39. The fourth-order valence-corrected chi connectivity index (χ4v) is 3.12. The molecule has 1 atom stereocenters. The van der Waals surface area contributed by atoms with Crippen LogP contribution in [0.3, 0.4) is 0 Å². The highest BCUT2D eigenvalue weighted by Gasteiger charge is 2.29. The van der Waals surface area contributed by atoms with E-state index in [0.29, 0.717) is 6.54 Å². The number of hydrogen-bond donors (Lipinski definition) is 0. The topological polar surface area (TPSA) is 67.2 Å². The Kier molecular flexibility index (Phi) is 4.89. The normalized spacial score (nSPS) is 18.0. The summed E-state index contributed by atoms with van der Waals surface area (Å²) < 4.78 is 1.97. The van der Waals surface area contributed by atoms with Gasteiger partial charge in [0.2, 0.25) is 5.91 Å². The molecule has 3 heterocycles. The molecule has 0 N–H and O–H groups in total. The van der Waals surface area contributed by atoms with Gasteiger partial charge in [0, 0.05) is 32.9 Å². The number of aromatic nitrogens is 4. The van der Waals surface area contributed by atoms with Gasteiger partial charge in [-0.25, -0.2) is 9.97 Å². The first kappa shape index (κ1) is 16.6. The molecule has 2 aromatic rings. The predicted octanol–water partition coefficient (Wildman–Crippen LogP) is 1.45. The standard InChI is InChI=1S/C17H24N6O/c1-4-15-19-7-9-23(15)16-11-18-10-13(20-16)14-6-5-8-22(14)12-17(24)21(2)3/h7,9-11,14H,4-6,8,12H2,1-3H3. The Morgan fingerprint density at radius 3 is 2.96 bits per heavy atom. The first-order chi connectivity index (χ1) is 11.6. The van der Waals surface area contributed by atoms with Crippen molar-refractivity contribution >= 4 is 5.91 Å². The maximum absolute atomic E-state index is 12.0. The van der Waals surface area contributed by atoms with Crippen molar-refractivity contribution in [2.45, 2.75) is 32.2 Å². The molecule has 24 heavy (non-hydrogen) atoms. The van der Waals surface area contributed by atoms with Crippen LogP contribution in [0.25, 0.3) is 5.82 Å². The molecule has 1 unspecified atom stereocenters. The summed E-state index contributed by atoms with van der Waals surface area (Å²) in [5.74, 6) is 1.87. The summed E-state index contributed by atoms with van der Waals surface area (Å²) in [6.07, 6.45) is 10.2. The predicted molar refractivity (Wildman–Crippen MR) is 90.8 cm³/mol. The number of rotatable bonds is 5. The highest BCUT2D eigenvalue weighted by molar-refractivity contribution is 5.77. The van der Waals surface area contributed by atoms with Crippen molar-refractivity contribution in [3.05, 3.63) is 36.3 Å². The van der Waals surface area contributed by atoms with Gasteiger partial charge < -0.3 is 4.90 Å². The second kappa shape index (κ2) is 7.09. The molecule has 0 aliphatic carbocycles. The maximum Gasteiger partial charge on any atom is 0.236 e. The first-order valence-corrected chi connectivity index (χ1v) is 8.39. The molecule has 2 aromatic heterocycles. The Bertz CT molecular complexity index is 711. The van der Waals surface area contributed by atoms with Crippen molar-refractivity contribution in [3.8, 4) is 5.82 Å². The Morgan fingerprint density at radius 1 is 1.38 bits per heavy atom. The summed E-state index contributed by atoms with van der Waals surface area (Å²) in [6, 6.07) is 0.148. The lowest BCUT2D eigenvalue weighted by atomic mass is 10.1. The monoisotopic (exact) mass is 328 g/mol. The van der Waals surface area contributed by atoms with Gasteiger partial charge in [-0.1, -0.05) is 6.92 Å². The molecule has 1 aliphatic heterocycles. The molecule has 0 aromatic carbocycles. The lowest BCUT2D eigenvalue weighted by Gasteiger charge is -2.25. The molecule has 3 rings (SSSR count). The van der Waals surface area contributed by atoms with Gasteiger partial charge in [-0.3, -0.25) is 19.2 Å². The fourth-order valence-electron chi connectivity index (χ4n) is 3.12. The van der Waals surface area contributed by atoms with Crippen LogP contribution in [0.4, 0.5) is 0 Å².